The number of carbonyl (C=O) groups is 2. The standard InChI is InChI=1S/C9H8O6/c1-15-9(14)5-3-2-4(8(12)13)6(10)7(5)11/h2-3,10-11H,1H3,(H,12,13). The Kier molecular flexibility index (Phi) is 2.80. The number of hydrogen-bond acceptors (Lipinski definition) is 5. The summed E-state index contributed by atoms with van der Waals surface area (Å²) in [6, 6.07) is 2.06. The van der Waals surface area contributed by atoms with Crippen LogP contribution in [-0.2, 0) is 4.74 Å². The first-order valence-corrected chi connectivity index (χ1v) is 3.85. The molecule has 0 heterocycles. The van der Waals surface area contributed by atoms with Crippen molar-refractivity contribution >= 4 is 11.9 Å². The monoisotopic (exact) mass is 212 g/mol. The molecule has 6 heteroatoms. The summed E-state index contributed by atoms with van der Waals surface area (Å²) in [7, 11) is 1.10. The number of aromatic carboxylic acids is 1. The van der Waals surface area contributed by atoms with Gasteiger partial charge in [-0.3, -0.25) is 0 Å². The van der Waals surface area contributed by atoms with Gasteiger partial charge in [0, 0.05) is 0 Å². The van der Waals surface area contributed by atoms with Crippen LogP contribution in [0.2, 0.25) is 0 Å². The lowest BCUT2D eigenvalue weighted by molar-refractivity contribution is 0.0593. The van der Waals surface area contributed by atoms with Crippen LogP contribution in [0.15, 0.2) is 12.1 Å². The molecule has 0 saturated carbocycles. The molecular formula is C9H8O6. The van der Waals surface area contributed by atoms with Crippen molar-refractivity contribution in [3.8, 4) is 11.5 Å². The number of carbonyl (C=O) groups excluding carboxylic acids is 1. The number of phenolic OH excluding ortho intramolecular Hbond substituents is 1. The Hall–Kier alpha value is -2.24. The van der Waals surface area contributed by atoms with Crippen molar-refractivity contribution in [2.75, 3.05) is 7.11 Å². The highest BCUT2D eigenvalue weighted by Gasteiger charge is 2.20. The Morgan fingerprint density at radius 3 is 2.07 bits per heavy atom. The molecule has 80 valence electrons. The average molecular weight is 212 g/mol. The van der Waals surface area contributed by atoms with Crippen molar-refractivity contribution in [1.29, 1.82) is 0 Å². The summed E-state index contributed by atoms with van der Waals surface area (Å²) >= 11 is 0. The van der Waals surface area contributed by atoms with Gasteiger partial charge in [0.25, 0.3) is 0 Å². The Bertz CT molecular complexity index is 423. The summed E-state index contributed by atoms with van der Waals surface area (Å²) < 4.78 is 4.31. The Morgan fingerprint density at radius 2 is 1.60 bits per heavy atom. The Morgan fingerprint density at radius 1 is 1.13 bits per heavy atom. The third kappa shape index (κ3) is 1.83. The molecule has 0 fully saturated rings. The number of carboxylic acid groups (broad SMARTS) is 1. The van der Waals surface area contributed by atoms with E-state index < -0.39 is 29.0 Å². The van der Waals surface area contributed by atoms with E-state index in [0.717, 1.165) is 19.2 Å². The molecule has 0 aliphatic rings. The fraction of sp³-hybridized carbons (Fsp3) is 0.111. The van der Waals surface area contributed by atoms with Crippen LogP contribution in [0.5, 0.6) is 11.5 Å². The fourth-order valence-electron chi connectivity index (χ4n) is 1.03. The van der Waals surface area contributed by atoms with Gasteiger partial charge in [-0.1, -0.05) is 0 Å². The Balaban J connectivity index is 3.33. The number of aromatic hydroxyl groups is 2. The molecule has 15 heavy (non-hydrogen) atoms. The van der Waals surface area contributed by atoms with E-state index in [1.807, 2.05) is 0 Å². The topological polar surface area (TPSA) is 104 Å². The van der Waals surface area contributed by atoms with Crippen LogP contribution in [0.3, 0.4) is 0 Å². The SMILES string of the molecule is COC(=O)c1ccc(C(=O)O)c(O)c1O. The first-order chi connectivity index (χ1) is 6.99. The highest BCUT2D eigenvalue weighted by atomic mass is 16.5. The highest BCUT2D eigenvalue weighted by Crippen LogP contribution is 2.32. The van der Waals surface area contributed by atoms with Crippen LogP contribution in [0.1, 0.15) is 20.7 Å². The van der Waals surface area contributed by atoms with Gasteiger partial charge in [-0.15, -0.1) is 0 Å². The molecule has 3 N–H and O–H groups in total. The molecule has 0 spiro atoms. The summed E-state index contributed by atoms with van der Waals surface area (Å²) in [5.74, 6) is -3.92. The van der Waals surface area contributed by atoms with E-state index in [-0.39, 0.29) is 5.56 Å². The van der Waals surface area contributed by atoms with Crippen molar-refractivity contribution in [1.82, 2.24) is 0 Å². The number of rotatable bonds is 2. The molecule has 0 unspecified atom stereocenters. The van der Waals surface area contributed by atoms with Gasteiger partial charge >= 0.3 is 11.9 Å². The molecule has 0 aromatic heterocycles. The smallest absolute Gasteiger partial charge is 0.341 e. The van der Waals surface area contributed by atoms with Gasteiger partial charge in [0.1, 0.15) is 11.1 Å². The molecule has 0 aliphatic heterocycles. The summed E-state index contributed by atoms with van der Waals surface area (Å²) in [4.78, 5) is 21.6. The van der Waals surface area contributed by atoms with Crippen molar-refractivity contribution in [2.45, 2.75) is 0 Å². The van der Waals surface area contributed by atoms with Crippen LogP contribution in [-0.4, -0.2) is 34.4 Å². The van der Waals surface area contributed by atoms with E-state index in [2.05, 4.69) is 4.74 Å². The van der Waals surface area contributed by atoms with E-state index in [1.54, 1.807) is 0 Å². The number of phenols is 2. The first-order valence-electron chi connectivity index (χ1n) is 3.85. The molecule has 1 aromatic carbocycles. The predicted molar refractivity (Wildman–Crippen MR) is 48.1 cm³/mol. The van der Waals surface area contributed by atoms with Gasteiger partial charge in [0.05, 0.1) is 7.11 Å². The van der Waals surface area contributed by atoms with Gasteiger partial charge in [-0.25, -0.2) is 9.59 Å². The minimum Gasteiger partial charge on any atom is -0.504 e. The van der Waals surface area contributed by atoms with Crippen molar-refractivity contribution in [3.63, 3.8) is 0 Å². The fourth-order valence-corrected chi connectivity index (χ4v) is 1.03. The predicted octanol–water partition coefficient (Wildman–Crippen LogP) is 0.583. The quantitative estimate of drug-likeness (QED) is 0.489. The largest absolute Gasteiger partial charge is 0.504 e. The van der Waals surface area contributed by atoms with E-state index in [1.165, 1.54) is 0 Å². The van der Waals surface area contributed by atoms with Crippen LogP contribution in [0.25, 0.3) is 0 Å². The third-order valence-electron chi connectivity index (χ3n) is 1.79. The summed E-state index contributed by atoms with van der Waals surface area (Å²) in [5, 5.41) is 27.2. The second-order valence-electron chi connectivity index (χ2n) is 2.65. The number of hydrogen-bond donors (Lipinski definition) is 3. The molecule has 1 aromatic rings. The minimum absolute atomic E-state index is 0.292. The lowest BCUT2D eigenvalue weighted by Gasteiger charge is -2.06. The maximum Gasteiger partial charge on any atom is 0.341 e. The van der Waals surface area contributed by atoms with Gasteiger partial charge in [-0.05, 0) is 12.1 Å². The normalized spacial score (nSPS) is 9.67. The molecule has 0 amide bonds. The zero-order valence-corrected chi connectivity index (χ0v) is 7.72. The average Bonchev–Trinajstić information content (AvgIpc) is 2.20. The highest BCUT2D eigenvalue weighted by molar-refractivity contribution is 5.98. The van der Waals surface area contributed by atoms with E-state index in [0.29, 0.717) is 0 Å². The van der Waals surface area contributed by atoms with E-state index in [4.69, 9.17) is 5.11 Å². The van der Waals surface area contributed by atoms with E-state index in [9.17, 15) is 19.8 Å². The second kappa shape index (κ2) is 3.87. The lowest BCUT2D eigenvalue weighted by Crippen LogP contribution is -2.04. The number of esters is 1. The van der Waals surface area contributed by atoms with Crippen LogP contribution in [0, 0.1) is 0 Å². The molecule has 0 atom stereocenters. The number of benzene rings is 1. The van der Waals surface area contributed by atoms with Gasteiger partial charge < -0.3 is 20.1 Å². The first kappa shape index (κ1) is 10.8. The molecule has 6 nitrogen and oxygen atoms in total. The summed E-state index contributed by atoms with van der Waals surface area (Å²) in [5.41, 5.74) is -0.778. The zero-order valence-electron chi connectivity index (χ0n) is 7.72. The van der Waals surface area contributed by atoms with Crippen LogP contribution < -0.4 is 0 Å². The molecule has 0 radical (unpaired) electrons. The van der Waals surface area contributed by atoms with Crippen molar-refractivity contribution < 1.29 is 29.6 Å². The minimum atomic E-state index is -1.40. The maximum absolute atomic E-state index is 11.0. The van der Waals surface area contributed by atoms with Crippen LogP contribution >= 0.6 is 0 Å². The number of carboxylic acids is 1. The van der Waals surface area contributed by atoms with Gasteiger partial charge in [-0.2, -0.15) is 0 Å². The molecule has 0 bridgehead atoms. The van der Waals surface area contributed by atoms with Gasteiger partial charge in [0.15, 0.2) is 11.5 Å². The second-order valence-corrected chi connectivity index (χ2v) is 2.65. The molecule has 0 saturated heterocycles. The molecule has 0 aliphatic carbocycles. The van der Waals surface area contributed by atoms with Crippen molar-refractivity contribution in [2.24, 2.45) is 0 Å². The number of ether oxygens (including phenoxy) is 1. The molecular weight excluding hydrogens is 204 g/mol. The number of methoxy groups -OCH3 is 1. The van der Waals surface area contributed by atoms with E-state index >= 15 is 0 Å². The van der Waals surface area contributed by atoms with Crippen LogP contribution in [0.4, 0.5) is 0 Å². The summed E-state index contributed by atoms with van der Waals surface area (Å²) in [6.45, 7) is 0. The Labute approximate surface area is 84.3 Å². The van der Waals surface area contributed by atoms with Gasteiger partial charge in [0.2, 0.25) is 0 Å². The third-order valence-corrected chi connectivity index (χ3v) is 1.79. The zero-order chi connectivity index (χ0) is 11.6. The lowest BCUT2D eigenvalue weighted by atomic mass is 10.1. The summed E-state index contributed by atoms with van der Waals surface area (Å²) in [6.07, 6.45) is 0. The van der Waals surface area contributed by atoms with Crippen molar-refractivity contribution in [3.05, 3.63) is 23.3 Å². The maximum atomic E-state index is 11.0. The molecule has 1 rings (SSSR count).